The van der Waals surface area contributed by atoms with Crippen LogP contribution in [0.3, 0.4) is 0 Å². The van der Waals surface area contributed by atoms with E-state index >= 15 is 0 Å². The Labute approximate surface area is 145 Å². The SMILES string of the molecule is CCC(Oc1cc(Cl)cc(Cl)c1Cl)C(=O)N(C)C(=O)C(C)C. The molecule has 1 aromatic rings. The summed E-state index contributed by atoms with van der Waals surface area (Å²) >= 11 is 17.9. The van der Waals surface area contributed by atoms with Crippen molar-refractivity contribution in [2.45, 2.75) is 33.3 Å². The third-order valence-electron chi connectivity index (χ3n) is 3.03. The number of nitrogens with zero attached hydrogens (tertiary/aromatic N) is 1. The van der Waals surface area contributed by atoms with Gasteiger partial charge in [0.1, 0.15) is 10.8 Å². The maximum atomic E-state index is 12.4. The highest BCUT2D eigenvalue weighted by Crippen LogP contribution is 2.36. The number of ether oxygens (including phenoxy) is 1. The average Bonchev–Trinajstić information content (AvgIpc) is 2.46. The van der Waals surface area contributed by atoms with Gasteiger partial charge < -0.3 is 4.74 Å². The zero-order valence-electron chi connectivity index (χ0n) is 12.8. The quantitative estimate of drug-likeness (QED) is 0.723. The van der Waals surface area contributed by atoms with Gasteiger partial charge in [-0.25, -0.2) is 0 Å². The smallest absolute Gasteiger partial charge is 0.269 e. The molecule has 2 amide bonds. The minimum atomic E-state index is -0.847. The number of hydrogen-bond acceptors (Lipinski definition) is 3. The summed E-state index contributed by atoms with van der Waals surface area (Å²) in [5, 5.41) is 0.756. The molecule has 0 heterocycles. The average molecular weight is 367 g/mol. The lowest BCUT2D eigenvalue weighted by molar-refractivity contribution is -0.149. The van der Waals surface area contributed by atoms with Crippen LogP contribution in [0.4, 0.5) is 0 Å². The summed E-state index contributed by atoms with van der Waals surface area (Å²) in [6, 6.07) is 2.96. The fourth-order valence-corrected chi connectivity index (χ4v) is 2.42. The molecule has 1 rings (SSSR count). The highest BCUT2D eigenvalue weighted by atomic mass is 35.5. The predicted molar refractivity (Wildman–Crippen MR) is 88.8 cm³/mol. The molecule has 7 heteroatoms. The van der Waals surface area contributed by atoms with Crippen molar-refractivity contribution in [3.63, 3.8) is 0 Å². The van der Waals surface area contributed by atoms with Gasteiger partial charge in [0.2, 0.25) is 5.91 Å². The lowest BCUT2D eigenvalue weighted by Crippen LogP contribution is -2.44. The summed E-state index contributed by atoms with van der Waals surface area (Å²) in [4.78, 5) is 25.4. The summed E-state index contributed by atoms with van der Waals surface area (Å²) in [5.41, 5.74) is 0. The molecule has 0 spiro atoms. The number of imide groups is 1. The highest BCUT2D eigenvalue weighted by Gasteiger charge is 2.28. The monoisotopic (exact) mass is 365 g/mol. The van der Waals surface area contributed by atoms with Crippen LogP contribution in [0, 0.1) is 5.92 Å². The molecule has 4 nitrogen and oxygen atoms in total. The third kappa shape index (κ3) is 4.51. The van der Waals surface area contributed by atoms with Gasteiger partial charge in [-0.2, -0.15) is 0 Å². The standard InChI is InChI=1S/C15H18Cl3NO3/c1-5-11(15(21)19(4)14(20)8(2)3)22-12-7-9(16)6-10(17)13(12)18/h6-8,11H,5H2,1-4H3. The molecule has 0 saturated heterocycles. The van der Waals surface area contributed by atoms with Gasteiger partial charge in [-0.05, 0) is 12.5 Å². The lowest BCUT2D eigenvalue weighted by Gasteiger charge is -2.24. The molecule has 0 aromatic heterocycles. The van der Waals surface area contributed by atoms with Crippen molar-refractivity contribution >= 4 is 46.6 Å². The Hall–Kier alpha value is -0.970. The molecule has 0 radical (unpaired) electrons. The van der Waals surface area contributed by atoms with Crippen molar-refractivity contribution in [3.8, 4) is 5.75 Å². The van der Waals surface area contributed by atoms with Crippen LogP contribution in [0.2, 0.25) is 15.1 Å². The minimum Gasteiger partial charge on any atom is -0.479 e. The van der Waals surface area contributed by atoms with Crippen molar-refractivity contribution in [1.82, 2.24) is 4.90 Å². The molecular weight excluding hydrogens is 349 g/mol. The Morgan fingerprint density at radius 1 is 1.18 bits per heavy atom. The first-order chi connectivity index (χ1) is 10.2. The summed E-state index contributed by atoms with van der Waals surface area (Å²) in [5.74, 6) is -0.781. The van der Waals surface area contributed by atoms with E-state index in [4.69, 9.17) is 39.5 Å². The fraction of sp³-hybridized carbons (Fsp3) is 0.467. The van der Waals surface area contributed by atoms with Crippen molar-refractivity contribution in [2.24, 2.45) is 5.92 Å². The number of carbonyl (C=O) groups excluding carboxylic acids is 2. The molecular formula is C15H18Cl3NO3. The predicted octanol–water partition coefficient (Wildman–Crippen LogP) is 4.45. The number of amides is 2. The molecule has 1 unspecified atom stereocenters. The summed E-state index contributed by atoms with van der Waals surface area (Å²) in [6.45, 7) is 5.22. The van der Waals surface area contributed by atoms with Crippen LogP contribution in [-0.4, -0.2) is 29.9 Å². The number of benzene rings is 1. The second-order valence-electron chi connectivity index (χ2n) is 5.10. The van der Waals surface area contributed by atoms with E-state index in [1.54, 1.807) is 20.8 Å². The Balaban J connectivity index is 2.99. The maximum absolute atomic E-state index is 12.4. The van der Waals surface area contributed by atoms with Gasteiger partial charge in [0.25, 0.3) is 5.91 Å². The van der Waals surface area contributed by atoms with Crippen LogP contribution in [0.15, 0.2) is 12.1 Å². The number of likely N-dealkylation sites (N-methyl/N-ethyl adjacent to an activating group) is 1. The number of hydrogen-bond donors (Lipinski definition) is 0. The molecule has 22 heavy (non-hydrogen) atoms. The fourth-order valence-electron chi connectivity index (χ4n) is 1.79. The zero-order chi connectivity index (χ0) is 17.0. The van der Waals surface area contributed by atoms with E-state index in [0.29, 0.717) is 11.4 Å². The van der Waals surface area contributed by atoms with Gasteiger partial charge in [-0.1, -0.05) is 55.6 Å². The largest absolute Gasteiger partial charge is 0.479 e. The first-order valence-corrected chi connectivity index (χ1v) is 7.95. The van der Waals surface area contributed by atoms with Gasteiger partial charge >= 0.3 is 0 Å². The molecule has 0 N–H and O–H groups in total. The zero-order valence-corrected chi connectivity index (χ0v) is 15.1. The number of carbonyl (C=O) groups is 2. The summed E-state index contributed by atoms with van der Waals surface area (Å²) < 4.78 is 5.62. The van der Waals surface area contributed by atoms with Gasteiger partial charge in [0.15, 0.2) is 6.10 Å². The van der Waals surface area contributed by atoms with E-state index in [1.165, 1.54) is 19.2 Å². The van der Waals surface area contributed by atoms with Crippen LogP contribution < -0.4 is 4.74 Å². The molecule has 0 saturated carbocycles. The van der Waals surface area contributed by atoms with Crippen LogP contribution in [-0.2, 0) is 9.59 Å². The first-order valence-electron chi connectivity index (χ1n) is 6.81. The van der Waals surface area contributed by atoms with E-state index in [-0.39, 0.29) is 27.6 Å². The van der Waals surface area contributed by atoms with Gasteiger partial charge in [0.05, 0.1) is 5.02 Å². The minimum absolute atomic E-state index is 0.176. The van der Waals surface area contributed by atoms with Crippen molar-refractivity contribution in [1.29, 1.82) is 0 Å². The van der Waals surface area contributed by atoms with E-state index in [0.717, 1.165) is 4.90 Å². The maximum Gasteiger partial charge on any atom is 0.269 e. The second-order valence-corrected chi connectivity index (χ2v) is 6.33. The molecule has 0 aliphatic rings. The number of halogens is 3. The molecule has 0 aliphatic heterocycles. The van der Waals surface area contributed by atoms with Gasteiger partial charge in [-0.15, -0.1) is 0 Å². The normalized spacial score (nSPS) is 12.2. The highest BCUT2D eigenvalue weighted by molar-refractivity contribution is 6.44. The molecule has 0 bridgehead atoms. The summed E-state index contributed by atoms with van der Waals surface area (Å²) in [6.07, 6.45) is -0.477. The van der Waals surface area contributed by atoms with Gasteiger partial charge in [0, 0.05) is 24.1 Å². The second kappa shape index (κ2) is 8.04. The van der Waals surface area contributed by atoms with E-state index in [1.807, 2.05) is 0 Å². The first kappa shape index (κ1) is 19.1. The molecule has 0 aliphatic carbocycles. The third-order valence-corrected chi connectivity index (χ3v) is 4.03. The van der Waals surface area contributed by atoms with Crippen LogP contribution in [0.1, 0.15) is 27.2 Å². The lowest BCUT2D eigenvalue weighted by atomic mass is 10.1. The molecule has 122 valence electrons. The Morgan fingerprint density at radius 3 is 2.27 bits per heavy atom. The molecule has 1 aromatic carbocycles. The number of rotatable bonds is 5. The Bertz CT molecular complexity index is 575. The topological polar surface area (TPSA) is 46.6 Å². The van der Waals surface area contributed by atoms with Gasteiger partial charge in [-0.3, -0.25) is 14.5 Å². The van der Waals surface area contributed by atoms with Crippen LogP contribution in [0.25, 0.3) is 0 Å². The van der Waals surface area contributed by atoms with Crippen molar-refractivity contribution < 1.29 is 14.3 Å². The molecule has 0 fully saturated rings. The van der Waals surface area contributed by atoms with Crippen LogP contribution in [0.5, 0.6) is 5.75 Å². The Kier molecular flexibility index (Phi) is 6.98. The van der Waals surface area contributed by atoms with Crippen LogP contribution >= 0.6 is 34.8 Å². The van der Waals surface area contributed by atoms with Crippen molar-refractivity contribution in [3.05, 3.63) is 27.2 Å². The molecule has 1 atom stereocenters. The van der Waals surface area contributed by atoms with E-state index in [9.17, 15) is 9.59 Å². The summed E-state index contributed by atoms with van der Waals surface area (Å²) in [7, 11) is 1.43. The van der Waals surface area contributed by atoms with E-state index in [2.05, 4.69) is 0 Å². The van der Waals surface area contributed by atoms with E-state index < -0.39 is 12.0 Å². The van der Waals surface area contributed by atoms with Crippen molar-refractivity contribution in [2.75, 3.05) is 7.05 Å². The Morgan fingerprint density at radius 2 is 1.77 bits per heavy atom.